The zero-order chi connectivity index (χ0) is 43.8. The van der Waals surface area contributed by atoms with Gasteiger partial charge in [0.05, 0.1) is 0 Å². The summed E-state index contributed by atoms with van der Waals surface area (Å²) in [7, 11) is 0. The summed E-state index contributed by atoms with van der Waals surface area (Å²) in [5.74, 6) is 0. The second-order valence-electron chi connectivity index (χ2n) is 16.7. The third kappa shape index (κ3) is 7.19. The molecular formula is C63H42N2O. The average Bonchev–Trinajstić information content (AvgIpc) is 3.79. The molecule has 0 atom stereocenters. The van der Waals surface area contributed by atoms with Gasteiger partial charge in [0.1, 0.15) is 11.2 Å². The number of benzene rings is 10. The summed E-state index contributed by atoms with van der Waals surface area (Å²) in [4.78, 5) is 6.67. The van der Waals surface area contributed by atoms with Gasteiger partial charge < -0.3 is 9.32 Å². The molecule has 10 aromatic carbocycles. The number of hydrogen-bond donors (Lipinski definition) is 0. The van der Waals surface area contributed by atoms with E-state index in [9.17, 15) is 0 Å². The molecule has 0 radical (unpaired) electrons. The molecule has 0 bridgehead atoms. The molecule has 310 valence electrons. The molecule has 12 rings (SSSR count). The average molecular weight is 843 g/mol. The summed E-state index contributed by atoms with van der Waals surface area (Å²) < 4.78 is 6.73. The number of pyridine rings is 1. The van der Waals surface area contributed by atoms with Gasteiger partial charge in [0.15, 0.2) is 0 Å². The molecule has 0 amide bonds. The molecule has 0 unspecified atom stereocenters. The molecule has 12 aromatic rings. The maximum absolute atomic E-state index is 6.73. The van der Waals surface area contributed by atoms with E-state index in [1.807, 2.05) is 24.5 Å². The van der Waals surface area contributed by atoms with Crippen LogP contribution in [-0.4, -0.2) is 4.98 Å². The van der Waals surface area contributed by atoms with Crippen LogP contribution in [0.1, 0.15) is 0 Å². The number of para-hydroxylation sites is 2. The highest BCUT2D eigenvalue weighted by Gasteiger charge is 2.17. The highest BCUT2D eigenvalue weighted by atomic mass is 16.3. The summed E-state index contributed by atoms with van der Waals surface area (Å²) in [5, 5.41) is 4.67. The van der Waals surface area contributed by atoms with Crippen LogP contribution in [0, 0.1) is 0 Å². The fraction of sp³-hybridized carbons (Fsp3) is 0. The van der Waals surface area contributed by atoms with Gasteiger partial charge in [-0.05, 0) is 109 Å². The van der Waals surface area contributed by atoms with Crippen molar-refractivity contribution in [1.82, 2.24) is 4.98 Å². The third-order valence-corrected chi connectivity index (χ3v) is 12.8. The van der Waals surface area contributed by atoms with Gasteiger partial charge in [-0.15, -0.1) is 0 Å². The predicted molar refractivity (Wildman–Crippen MR) is 276 cm³/mol. The van der Waals surface area contributed by atoms with Crippen molar-refractivity contribution in [2.45, 2.75) is 0 Å². The molecule has 0 N–H and O–H groups in total. The number of anilines is 3. The van der Waals surface area contributed by atoms with Crippen LogP contribution in [0.15, 0.2) is 259 Å². The quantitative estimate of drug-likeness (QED) is 0.145. The monoisotopic (exact) mass is 842 g/mol. The maximum Gasteiger partial charge on any atom is 0.143 e. The van der Waals surface area contributed by atoms with Crippen LogP contribution < -0.4 is 4.90 Å². The Labute approximate surface area is 384 Å². The van der Waals surface area contributed by atoms with Crippen LogP contribution >= 0.6 is 0 Å². The molecule has 66 heavy (non-hydrogen) atoms. The van der Waals surface area contributed by atoms with E-state index in [4.69, 9.17) is 4.42 Å². The SMILES string of the molecule is c1ccc(-c2ccc(N(c3ccc(-c4ccc(-c5cccc6c5oc5c(-c7ccccc7)cccc56)cc4)cc3)c3ccc(-c4cccc5cc(-c6cccnc6)ccc45)cc3)cc2)cc1. The number of nitrogens with zero attached hydrogens (tertiary/aromatic N) is 2. The van der Waals surface area contributed by atoms with Gasteiger partial charge in [-0.25, -0.2) is 0 Å². The normalized spacial score (nSPS) is 11.3. The van der Waals surface area contributed by atoms with Crippen LogP contribution in [-0.2, 0) is 0 Å². The first-order valence-corrected chi connectivity index (χ1v) is 22.4. The van der Waals surface area contributed by atoms with Crippen molar-refractivity contribution in [3.8, 4) is 66.8 Å². The van der Waals surface area contributed by atoms with E-state index in [0.717, 1.165) is 83.5 Å². The Bertz CT molecular complexity index is 3640. The Kier molecular flexibility index (Phi) is 9.85. The van der Waals surface area contributed by atoms with Crippen LogP contribution in [0.3, 0.4) is 0 Å². The molecule has 3 nitrogen and oxygen atoms in total. The van der Waals surface area contributed by atoms with Gasteiger partial charge in [0, 0.05) is 56.9 Å². The molecule has 0 aliphatic heterocycles. The van der Waals surface area contributed by atoms with Crippen LogP contribution in [0.5, 0.6) is 0 Å². The highest BCUT2D eigenvalue weighted by molar-refractivity contribution is 6.13. The standard InChI is InChI=1S/C63H42N2O/c1-3-11-43(12-4-1)45-26-33-53(34-27-45)65(55-37-30-48(31-38-55)56-17-7-15-51-41-50(32-39-57(51)56)52-16-10-40-64-42-52)54-35-28-46(29-36-54)44-22-24-49(25-23-44)59-19-9-21-61-60-20-8-18-58(62(60)66-63(59)61)47-13-5-2-6-14-47/h1-42H. The van der Waals surface area contributed by atoms with E-state index in [1.54, 1.807) is 0 Å². The predicted octanol–water partition coefficient (Wildman–Crippen LogP) is 17.6. The number of aromatic nitrogens is 1. The lowest BCUT2D eigenvalue weighted by Crippen LogP contribution is -2.09. The number of fused-ring (bicyclic) bond motifs is 4. The van der Waals surface area contributed by atoms with Crippen molar-refractivity contribution in [1.29, 1.82) is 0 Å². The minimum Gasteiger partial charge on any atom is -0.455 e. The Morgan fingerprint density at radius 2 is 0.712 bits per heavy atom. The number of furan rings is 1. The van der Waals surface area contributed by atoms with E-state index in [0.29, 0.717) is 0 Å². The Hall–Kier alpha value is -8.79. The smallest absolute Gasteiger partial charge is 0.143 e. The summed E-state index contributed by atoms with van der Waals surface area (Å²) in [6.07, 6.45) is 3.73. The summed E-state index contributed by atoms with van der Waals surface area (Å²) >= 11 is 0. The molecule has 2 heterocycles. The van der Waals surface area contributed by atoms with Crippen LogP contribution in [0.4, 0.5) is 17.1 Å². The molecular weight excluding hydrogens is 801 g/mol. The second-order valence-corrected chi connectivity index (χ2v) is 16.7. The van der Waals surface area contributed by atoms with Crippen molar-refractivity contribution in [2.24, 2.45) is 0 Å². The third-order valence-electron chi connectivity index (χ3n) is 12.8. The van der Waals surface area contributed by atoms with Crippen LogP contribution in [0.2, 0.25) is 0 Å². The summed E-state index contributed by atoms with van der Waals surface area (Å²) in [5.41, 5.74) is 18.9. The number of rotatable bonds is 9. The lowest BCUT2D eigenvalue weighted by Gasteiger charge is -2.26. The van der Waals surface area contributed by atoms with Crippen molar-refractivity contribution in [2.75, 3.05) is 4.90 Å². The summed E-state index contributed by atoms with van der Waals surface area (Å²) in [6.45, 7) is 0. The summed E-state index contributed by atoms with van der Waals surface area (Å²) in [6, 6.07) is 86.8. The molecule has 0 aliphatic carbocycles. The minimum atomic E-state index is 0.908. The van der Waals surface area contributed by atoms with E-state index < -0.39 is 0 Å². The molecule has 0 saturated heterocycles. The van der Waals surface area contributed by atoms with Gasteiger partial charge in [0.2, 0.25) is 0 Å². The number of hydrogen-bond acceptors (Lipinski definition) is 3. The molecule has 0 spiro atoms. The van der Waals surface area contributed by atoms with Gasteiger partial charge >= 0.3 is 0 Å². The van der Waals surface area contributed by atoms with Crippen molar-refractivity contribution < 1.29 is 4.42 Å². The fourth-order valence-electron chi connectivity index (χ4n) is 9.46. The lowest BCUT2D eigenvalue weighted by atomic mass is 9.95. The highest BCUT2D eigenvalue weighted by Crippen LogP contribution is 2.42. The molecule has 2 aromatic heterocycles. The molecule has 0 aliphatic rings. The van der Waals surface area contributed by atoms with Crippen molar-refractivity contribution in [3.05, 3.63) is 255 Å². The first-order chi connectivity index (χ1) is 32.7. The van der Waals surface area contributed by atoms with Gasteiger partial charge in [-0.3, -0.25) is 4.98 Å². The van der Waals surface area contributed by atoms with Gasteiger partial charge in [0.25, 0.3) is 0 Å². The van der Waals surface area contributed by atoms with E-state index in [-0.39, 0.29) is 0 Å². The Morgan fingerprint density at radius 1 is 0.288 bits per heavy atom. The van der Waals surface area contributed by atoms with E-state index >= 15 is 0 Å². The van der Waals surface area contributed by atoms with Gasteiger partial charge in [-0.1, -0.05) is 194 Å². The van der Waals surface area contributed by atoms with Crippen molar-refractivity contribution in [3.63, 3.8) is 0 Å². The maximum atomic E-state index is 6.73. The first kappa shape index (κ1) is 38.9. The topological polar surface area (TPSA) is 29.3 Å². The second kappa shape index (κ2) is 16.7. The minimum absolute atomic E-state index is 0.908. The van der Waals surface area contributed by atoms with Crippen LogP contribution in [0.25, 0.3) is 99.5 Å². The first-order valence-electron chi connectivity index (χ1n) is 22.4. The largest absolute Gasteiger partial charge is 0.455 e. The fourth-order valence-corrected chi connectivity index (χ4v) is 9.46. The van der Waals surface area contributed by atoms with Gasteiger partial charge in [-0.2, -0.15) is 0 Å². The zero-order valence-electron chi connectivity index (χ0n) is 36.1. The molecule has 0 saturated carbocycles. The molecule has 3 heteroatoms. The van der Waals surface area contributed by atoms with Crippen molar-refractivity contribution >= 4 is 49.8 Å². The molecule has 0 fully saturated rings. The van der Waals surface area contributed by atoms with E-state index in [2.05, 4.69) is 240 Å². The van der Waals surface area contributed by atoms with E-state index in [1.165, 1.54) is 33.0 Å². The Morgan fingerprint density at radius 3 is 1.27 bits per heavy atom. The lowest BCUT2D eigenvalue weighted by molar-refractivity contribution is 0.671. The zero-order valence-corrected chi connectivity index (χ0v) is 36.1. The Balaban J connectivity index is 0.863.